The molecule has 2 saturated heterocycles. The Balaban J connectivity index is 1.19. The molecule has 3 aromatic rings. The first kappa shape index (κ1) is 29.4. The van der Waals surface area contributed by atoms with E-state index in [-0.39, 0.29) is 43.2 Å². The smallest absolute Gasteiger partial charge is 0.326 e. The number of esters is 1. The maximum absolute atomic E-state index is 15.2. The van der Waals surface area contributed by atoms with Gasteiger partial charge in [0.2, 0.25) is 11.8 Å². The molecule has 8 nitrogen and oxygen atoms in total. The number of likely N-dealkylation sites (tertiary alicyclic amines) is 1. The standard InChI is InChI=1S/C33H36FN3O5/c34-28-19-26(35-29-13-14-31(38)36-32(29)39)11-12-27(28)25-15-17-37(18-16-25)30(22-41-20-23-7-3-1-4-8-23)33(40)42-21-24-9-5-2-6-10-24/h1-12,19,25,29-30,35H,13-18,20-22H2,(H,36,38,39)/t29-,30-/m0/s1. The molecule has 0 saturated carbocycles. The highest BCUT2D eigenvalue weighted by atomic mass is 19.1. The minimum absolute atomic E-state index is 0.00266. The van der Waals surface area contributed by atoms with Crippen molar-refractivity contribution < 1.29 is 28.2 Å². The van der Waals surface area contributed by atoms with Gasteiger partial charge in [0.15, 0.2) is 0 Å². The second-order valence-corrected chi connectivity index (χ2v) is 10.8. The van der Waals surface area contributed by atoms with E-state index in [0.717, 1.165) is 11.1 Å². The number of rotatable bonds is 11. The van der Waals surface area contributed by atoms with E-state index >= 15 is 4.39 Å². The molecule has 0 spiro atoms. The molecule has 0 radical (unpaired) electrons. The zero-order valence-corrected chi connectivity index (χ0v) is 23.5. The van der Waals surface area contributed by atoms with Crippen LogP contribution < -0.4 is 10.6 Å². The number of imide groups is 1. The van der Waals surface area contributed by atoms with Gasteiger partial charge in [-0.15, -0.1) is 0 Å². The van der Waals surface area contributed by atoms with E-state index in [9.17, 15) is 14.4 Å². The van der Waals surface area contributed by atoms with Crippen LogP contribution in [0.25, 0.3) is 0 Å². The average molecular weight is 574 g/mol. The lowest BCUT2D eigenvalue weighted by molar-refractivity contribution is -0.155. The first-order valence-electron chi connectivity index (χ1n) is 14.4. The normalized spacial score (nSPS) is 18.7. The molecule has 0 aliphatic carbocycles. The lowest BCUT2D eigenvalue weighted by Crippen LogP contribution is -2.48. The Labute approximate surface area is 245 Å². The molecule has 220 valence electrons. The molecule has 2 aliphatic rings. The van der Waals surface area contributed by atoms with E-state index in [4.69, 9.17) is 9.47 Å². The molecule has 2 amide bonds. The van der Waals surface area contributed by atoms with E-state index in [1.54, 1.807) is 12.1 Å². The Morgan fingerprint density at radius 1 is 0.929 bits per heavy atom. The largest absolute Gasteiger partial charge is 0.460 e. The Hall–Kier alpha value is -4.08. The zero-order chi connectivity index (χ0) is 29.3. The van der Waals surface area contributed by atoms with Gasteiger partial charge in [-0.3, -0.25) is 24.6 Å². The molecular formula is C33H36FN3O5. The highest BCUT2D eigenvalue weighted by molar-refractivity contribution is 6.01. The number of amides is 2. The van der Waals surface area contributed by atoms with Gasteiger partial charge in [0.05, 0.1) is 13.2 Å². The second-order valence-electron chi connectivity index (χ2n) is 10.8. The molecule has 42 heavy (non-hydrogen) atoms. The summed E-state index contributed by atoms with van der Waals surface area (Å²) in [4.78, 5) is 38.8. The summed E-state index contributed by atoms with van der Waals surface area (Å²) in [7, 11) is 0. The third-order valence-corrected chi connectivity index (χ3v) is 7.87. The Bertz CT molecular complexity index is 1360. The van der Waals surface area contributed by atoms with E-state index in [1.165, 1.54) is 6.07 Å². The maximum Gasteiger partial charge on any atom is 0.326 e. The van der Waals surface area contributed by atoms with Crippen LogP contribution in [0.15, 0.2) is 78.9 Å². The lowest BCUT2D eigenvalue weighted by Gasteiger charge is -2.36. The first-order chi connectivity index (χ1) is 20.5. The average Bonchev–Trinajstić information content (AvgIpc) is 3.01. The number of piperidine rings is 2. The van der Waals surface area contributed by atoms with Gasteiger partial charge in [-0.1, -0.05) is 66.7 Å². The van der Waals surface area contributed by atoms with Crippen LogP contribution in [0.2, 0.25) is 0 Å². The van der Waals surface area contributed by atoms with Crippen molar-refractivity contribution in [3.8, 4) is 0 Å². The highest BCUT2D eigenvalue weighted by Crippen LogP contribution is 2.32. The van der Waals surface area contributed by atoms with Gasteiger partial charge in [-0.05, 0) is 67.1 Å². The Kier molecular flexibility index (Phi) is 9.94. The van der Waals surface area contributed by atoms with Crippen molar-refractivity contribution in [3.05, 3.63) is 101 Å². The zero-order valence-electron chi connectivity index (χ0n) is 23.5. The van der Waals surface area contributed by atoms with E-state index < -0.39 is 18.0 Å². The number of hydrogen-bond acceptors (Lipinski definition) is 7. The summed E-state index contributed by atoms with van der Waals surface area (Å²) >= 11 is 0. The fraction of sp³-hybridized carbons (Fsp3) is 0.364. The summed E-state index contributed by atoms with van der Waals surface area (Å²) < 4.78 is 26.9. The van der Waals surface area contributed by atoms with Crippen LogP contribution in [0.5, 0.6) is 0 Å². The van der Waals surface area contributed by atoms with Gasteiger partial charge in [0.25, 0.3) is 0 Å². The molecule has 5 rings (SSSR count). The van der Waals surface area contributed by atoms with Crippen LogP contribution in [-0.2, 0) is 37.1 Å². The van der Waals surface area contributed by atoms with Gasteiger partial charge in [-0.2, -0.15) is 0 Å². The first-order valence-corrected chi connectivity index (χ1v) is 14.4. The van der Waals surface area contributed by atoms with Gasteiger partial charge >= 0.3 is 5.97 Å². The van der Waals surface area contributed by atoms with Crippen molar-refractivity contribution in [2.24, 2.45) is 0 Å². The van der Waals surface area contributed by atoms with E-state index in [2.05, 4.69) is 15.5 Å². The minimum Gasteiger partial charge on any atom is -0.460 e. The number of carbonyl (C=O) groups excluding carboxylic acids is 3. The van der Waals surface area contributed by atoms with Crippen LogP contribution >= 0.6 is 0 Å². The fourth-order valence-electron chi connectivity index (χ4n) is 5.51. The third-order valence-electron chi connectivity index (χ3n) is 7.87. The van der Waals surface area contributed by atoms with Gasteiger partial charge in [0, 0.05) is 12.1 Å². The molecule has 2 N–H and O–H groups in total. The summed E-state index contributed by atoms with van der Waals surface area (Å²) in [5.74, 6) is -1.36. The maximum atomic E-state index is 15.2. The SMILES string of the molecule is O=C1CC[C@H](Nc2ccc(C3CCN([C@@H](COCc4ccccc4)C(=O)OCc4ccccc4)CC3)c(F)c2)C(=O)N1. The van der Waals surface area contributed by atoms with E-state index in [0.29, 0.717) is 50.2 Å². The molecule has 0 aromatic heterocycles. The Morgan fingerprint density at radius 2 is 1.60 bits per heavy atom. The monoisotopic (exact) mass is 573 g/mol. The molecule has 2 heterocycles. The number of carbonyl (C=O) groups is 3. The quantitative estimate of drug-likeness (QED) is 0.257. The van der Waals surface area contributed by atoms with Crippen LogP contribution in [0, 0.1) is 5.82 Å². The molecule has 2 fully saturated rings. The molecule has 0 bridgehead atoms. The van der Waals surface area contributed by atoms with Gasteiger partial charge < -0.3 is 14.8 Å². The number of ether oxygens (including phenoxy) is 2. The predicted molar refractivity (Wildman–Crippen MR) is 156 cm³/mol. The highest BCUT2D eigenvalue weighted by Gasteiger charge is 2.33. The number of halogens is 1. The number of hydrogen-bond donors (Lipinski definition) is 2. The summed E-state index contributed by atoms with van der Waals surface area (Å²) in [6, 6.07) is 23.2. The third kappa shape index (κ3) is 7.80. The molecule has 0 unspecified atom stereocenters. The van der Waals surface area contributed by atoms with Crippen molar-refractivity contribution in [2.45, 2.75) is 56.9 Å². The van der Waals surface area contributed by atoms with Crippen molar-refractivity contribution in [2.75, 3.05) is 25.0 Å². The lowest BCUT2D eigenvalue weighted by atomic mass is 9.88. The number of nitrogens with one attached hydrogen (secondary N) is 2. The van der Waals surface area contributed by atoms with Crippen molar-refractivity contribution in [3.63, 3.8) is 0 Å². The van der Waals surface area contributed by atoms with Crippen LogP contribution in [0.1, 0.15) is 48.3 Å². The summed E-state index contributed by atoms with van der Waals surface area (Å²) in [5.41, 5.74) is 3.06. The molecular weight excluding hydrogens is 537 g/mol. The van der Waals surface area contributed by atoms with E-state index in [1.807, 2.05) is 60.7 Å². The van der Waals surface area contributed by atoms with Crippen molar-refractivity contribution in [1.29, 1.82) is 0 Å². The summed E-state index contributed by atoms with van der Waals surface area (Å²) in [5, 5.41) is 5.34. The van der Waals surface area contributed by atoms with Crippen LogP contribution in [0.3, 0.4) is 0 Å². The predicted octanol–water partition coefficient (Wildman–Crippen LogP) is 4.55. The number of benzene rings is 3. The molecule has 2 atom stereocenters. The van der Waals surface area contributed by atoms with Crippen molar-refractivity contribution >= 4 is 23.5 Å². The molecule has 2 aliphatic heterocycles. The second kappa shape index (κ2) is 14.2. The van der Waals surface area contributed by atoms with Gasteiger partial charge in [-0.25, -0.2) is 4.39 Å². The summed E-state index contributed by atoms with van der Waals surface area (Å²) in [6.45, 7) is 1.97. The molecule has 3 aromatic carbocycles. The van der Waals surface area contributed by atoms with Crippen LogP contribution in [-0.4, -0.2) is 54.5 Å². The van der Waals surface area contributed by atoms with Crippen molar-refractivity contribution in [1.82, 2.24) is 10.2 Å². The number of nitrogens with zero attached hydrogens (tertiary/aromatic N) is 1. The minimum atomic E-state index is -0.570. The Morgan fingerprint density at radius 3 is 2.24 bits per heavy atom. The molecule has 9 heteroatoms. The topological polar surface area (TPSA) is 97.0 Å². The van der Waals surface area contributed by atoms with Gasteiger partial charge in [0.1, 0.15) is 24.5 Å². The number of anilines is 1. The summed E-state index contributed by atoms with van der Waals surface area (Å²) in [6.07, 6.45) is 1.98. The fourth-order valence-corrected chi connectivity index (χ4v) is 5.51. The van der Waals surface area contributed by atoms with Crippen LogP contribution in [0.4, 0.5) is 10.1 Å².